The summed E-state index contributed by atoms with van der Waals surface area (Å²) in [6, 6.07) is 7.16. The summed E-state index contributed by atoms with van der Waals surface area (Å²) in [4.78, 5) is 16.3. The summed E-state index contributed by atoms with van der Waals surface area (Å²) in [5.41, 5.74) is 1.97. The van der Waals surface area contributed by atoms with E-state index >= 15 is 0 Å². The Morgan fingerprint density at radius 2 is 2.00 bits per heavy atom. The number of aromatic carboxylic acids is 1. The molecule has 0 spiro atoms. The van der Waals surface area contributed by atoms with Crippen molar-refractivity contribution in [3.8, 4) is 5.75 Å². The smallest absolute Gasteiger partial charge is 0.336 e. The molecule has 1 aliphatic carbocycles. The average molecular weight is 285 g/mol. The van der Waals surface area contributed by atoms with E-state index in [1.54, 1.807) is 19.2 Å². The first-order valence-corrected chi connectivity index (χ1v) is 7.41. The number of ether oxygens (including phenoxy) is 1. The highest BCUT2D eigenvalue weighted by molar-refractivity contribution is 6.03. The van der Waals surface area contributed by atoms with Crippen molar-refractivity contribution in [3.05, 3.63) is 35.5 Å². The van der Waals surface area contributed by atoms with Gasteiger partial charge >= 0.3 is 5.97 Å². The van der Waals surface area contributed by atoms with Gasteiger partial charge in [-0.15, -0.1) is 0 Å². The molecule has 1 aliphatic rings. The Labute approximate surface area is 123 Å². The van der Waals surface area contributed by atoms with Crippen molar-refractivity contribution in [2.24, 2.45) is 0 Å². The number of carboxylic acid groups (broad SMARTS) is 1. The van der Waals surface area contributed by atoms with E-state index in [4.69, 9.17) is 9.72 Å². The quantitative estimate of drug-likeness (QED) is 0.926. The third kappa shape index (κ3) is 2.71. The van der Waals surface area contributed by atoms with Gasteiger partial charge in [0, 0.05) is 17.0 Å². The summed E-state index contributed by atoms with van der Waals surface area (Å²) in [6.07, 6.45) is 5.89. The van der Waals surface area contributed by atoms with Crippen LogP contribution in [0.2, 0.25) is 0 Å². The van der Waals surface area contributed by atoms with E-state index in [9.17, 15) is 9.90 Å². The molecule has 3 rings (SSSR count). The maximum absolute atomic E-state index is 11.6. The van der Waals surface area contributed by atoms with Gasteiger partial charge in [-0.2, -0.15) is 0 Å². The van der Waals surface area contributed by atoms with Crippen LogP contribution >= 0.6 is 0 Å². The van der Waals surface area contributed by atoms with Crippen LogP contribution in [-0.2, 0) is 0 Å². The molecule has 1 aromatic heterocycles. The van der Waals surface area contributed by atoms with Gasteiger partial charge in [-0.3, -0.25) is 4.98 Å². The topological polar surface area (TPSA) is 59.4 Å². The van der Waals surface area contributed by atoms with Crippen LogP contribution in [0.5, 0.6) is 5.75 Å². The monoisotopic (exact) mass is 285 g/mol. The Kier molecular flexibility index (Phi) is 3.78. The zero-order valence-corrected chi connectivity index (χ0v) is 12.1. The minimum absolute atomic E-state index is 0.319. The Morgan fingerprint density at radius 1 is 1.24 bits per heavy atom. The largest absolute Gasteiger partial charge is 0.497 e. The fraction of sp³-hybridized carbons (Fsp3) is 0.412. The molecule has 0 saturated heterocycles. The summed E-state index contributed by atoms with van der Waals surface area (Å²) < 4.78 is 5.18. The van der Waals surface area contributed by atoms with Crippen LogP contribution in [0.15, 0.2) is 24.3 Å². The van der Waals surface area contributed by atoms with E-state index in [1.807, 2.05) is 12.1 Å². The fourth-order valence-corrected chi connectivity index (χ4v) is 3.14. The number of carboxylic acids is 1. The Balaban J connectivity index is 2.13. The van der Waals surface area contributed by atoms with Crippen LogP contribution in [-0.4, -0.2) is 23.2 Å². The lowest BCUT2D eigenvalue weighted by Crippen LogP contribution is -2.09. The minimum Gasteiger partial charge on any atom is -0.497 e. The number of fused-ring (bicyclic) bond motifs is 1. The number of carbonyl (C=O) groups is 1. The highest BCUT2D eigenvalue weighted by Crippen LogP contribution is 2.34. The van der Waals surface area contributed by atoms with Gasteiger partial charge in [0.15, 0.2) is 0 Å². The molecule has 0 aliphatic heterocycles. The maximum atomic E-state index is 11.6. The Morgan fingerprint density at radius 3 is 2.67 bits per heavy atom. The second kappa shape index (κ2) is 5.72. The van der Waals surface area contributed by atoms with Gasteiger partial charge in [-0.1, -0.05) is 19.3 Å². The number of benzene rings is 1. The van der Waals surface area contributed by atoms with Crippen molar-refractivity contribution in [3.63, 3.8) is 0 Å². The number of hydrogen-bond donors (Lipinski definition) is 1. The number of hydrogen-bond acceptors (Lipinski definition) is 3. The summed E-state index contributed by atoms with van der Waals surface area (Å²) in [5, 5.41) is 10.1. The molecule has 0 bridgehead atoms. The van der Waals surface area contributed by atoms with E-state index in [0.717, 1.165) is 24.1 Å². The van der Waals surface area contributed by atoms with Crippen LogP contribution in [0.1, 0.15) is 54.1 Å². The molecule has 1 fully saturated rings. The number of rotatable bonds is 3. The predicted molar refractivity (Wildman–Crippen MR) is 81.1 cm³/mol. The van der Waals surface area contributed by atoms with Crippen LogP contribution in [0, 0.1) is 0 Å². The van der Waals surface area contributed by atoms with Gasteiger partial charge in [0.1, 0.15) is 5.75 Å². The lowest BCUT2D eigenvalue weighted by atomic mass is 9.86. The first-order chi connectivity index (χ1) is 10.2. The lowest BCUT2D eigenvalue weighted by molar-refractivity contribution is 0.0699. The average Bonchev–Trinajstić information content (AvgIpc) is 2.54. The highest BCUT2D eigenvalue weighted by Gasteiger charge is 2.20. The minimum atomic E-state index is -0.910. The second-order valence-electron chi connectivity index (χ2n) is 5.62. The first-order valence-electron chi connectivity index (χ1n) is 7.41. The fourth-order valence-electron chi connectivity index (χ4n) is 3.14. The summed E-state index contributed by atoms with van der Waals surface area (Å²) in [5.74, 6) is 0.133. The number of methoxy groups -OCH3 is 1. The second-order valence-corrected chi connectivity index (χ2v) is 5.62. The van der Waals surface area contributed by atoms with Gasteiger partial charge in [0.05, 0.1) is 18.2 Å². The van der Waals surface area contributed by atoms with Gasteiger partial charge < -0.3 is 9.84 Å². The molecule has 0 unspecified atom stereocenters. The van der Waals surface area contributed by atoms with E-state index in [1.165, 1.54) is 19.3 Å². The molecule has 4 heteroatoms. The van der Waals surface area contributed by atoms with Gasteiger partial charge in [-0.05, 0) is 37.1 Å². The summed E-state index contributed by atoms with van der Waals surface area (Å²) in [6.45, 7) is 0. The van der Waals surface area contributed by atoms with E-state index in [-0.39, 0.29) is 0 Å². The lowest BCUT2D eigenvalue weighted by Gasteiger charge is -2.22. The zero-order chi connectivity index (χ0) is 14.8. The molecule has 4 nitrogen and oxygen atoms in total. The number of aromatic nitrogens is 1. The molecule has 0 atom stereocenters. The summed E-state index contributed by atoms with van der Waals surface area (Å²) in [7, 11) is 1.57. The van der Waals surface area contributed by atoms with Gasteiger partial charge in [0.2, 0.25) is 0 Å². The Hall–Kier alpha value is -2.10. The van der Waals surface area contributed by atoms with Crippen LogP contribution in [0.25, 0.3) is 10.9 Å². The predicted octanol–water partition coefficient (Wildman–Crippen LogP) is 3.99. The molecule has 21 heavy (non-hydrogen) atoms. The molecule has 0 radical (unpaired) electrons. The molecule has 2 aromatic rings. The SMILES string of the molecule is COc1ccc2nc(C3CCCCC3)cc(C(=O)O)c2c1. The molecule has 1 aromatic carbocycles. The van der Waals surface area contributed by atoms with Crippen molar-refractivity contribution < 1.29 is 14.6 Å². The molecule has 110 valence electrons. The first kappa shape index (κ1) is 13.9. The van der Waals surface area contributed by atoms with E-state index in [2.05, 4.69) is 0 Å². The van der Waals surface area contributed by atoms with Crippen molar-refractivity contribution in [2.75, 3.05) is 7.11 Å². The normalized spacial score (nSPS) is 16.0. The van der Waals surface area contributed by atoms with Crippen LogP contribution in [0.3, 0.4) is 0 Å². The van der Waals surface area contributed by atoms with Crippen molar-refractivity contribution in [1.82, 2.24) is 4.98 Å². The molecule has 0 amide bonds. The Bertz CT molecular complexity index is 675. The van der Waals surface area contributed by atoms with Gasteiger partial charge in [0.25, 0.3) is 0 Å². The molecule has 1 N–H and O–H groups in total. The van der Waals surface area contributed by atoms with Crippen LogP contribution in [0.4, 0.5) is 0 Å². The molecule has 1 heterocycles. The number of pyridine rings is 1. The molecule has 1 saturated carbocycles. The maximum Gasteiger partial charge on any atom is 0.336 e. The van der Waals surface area contributed by atoms with Crippen molar-refractivity contribution in [2.45, 2.75) is 38.0 Å². The zero-order valence-electron chi connectivity index (χ0n) is 12.1. The molecular weight excluding hydrogens is 266 g/mol. The summed E-state index contributed by atoms with van der Waals surface area (Å²) >= 11 is 0. The highest BCUT2D eigenvalue weighted by atomic mass is 16.5. The number of nitrogens with zero attached hydrogens (tertiary/aromatic N) is 1. The molecular formula is C17H19NO3. The van der Waals surface area contributed by atoms with Crippen LogP contribution < -0.4 is 4.74 Å². The third-order valence-electron chi connectivity index (χ3n) is 4.29. The van der Waals surface area contributed by atoms with Crippen molar-refractivity contribution >= 4 is 16.9 Å². The van der Waals surface area contributed by atoms with Gasteiger partial charge in [-0.25, -0.2) is 4.79 Å². The van der Waals surface area contributed by atoms with E-state index in [0.29, 0.717) is 22.6 Å². The van der Waals surface area contributed by atoms with E-state index < -0.39 is 5.97 Å². The standard InChI is InChI=1S/C17H19NO3/c1-21-12-7-8-15-13(9-12)14(17(19)20)10-16(18-15)11-5-3-2-4-6-11/h7-11H,2-6H2,1H3,(H,19,20). The third-order valence-corrected chi connectivity index (χ3v) is 4.29. The van der Waals surface area contributed by atoms with Crippen molar-refractivity contribution in [1.29, 1.82) is 0 Å².